The second kappa shape index (κ2) is 10.00. The first-order chi connectivity index (χ1) is 13.4. The van der Waals surface area contributed by atoms with Crippen molar-refractivity contribution in [2.75, 3.05) is 0 Å². The zero-order valence-corrected chi connectivity index (χ0v) is 17.3. The molecule has 28 heavy (non-hydrogen) atoms. The van der Waals surface area contributed by atoms with Gasteiger partial charge < -0.3 is 9.73 Å². The van der Waals surface area contributed by atoms with Crippen LogP contribution in [0, 0.1) is 0 Å². The van der Waals surface area contributed by atoms with Crippen molar-refractivity contribution in [2.24, 2.45) is 0 Å². The highest BCUT2D eigenvalue weighted by Gasteiger charge is 2.17. The molecule has 0 atom stereocenters. The van der Waals surface area contributed by atoms with Crippen LogP contribution in [-0.4, -0.2) is 18.4 Å². The van der Waals surface area contributed by atoms with Gasteiger partial charge in [-0.15, -0.1) is 0 Å². The molecule has 0 saturated carbocycles. The smallest absolute Gasteiger partial charge is 0.201 e. The molecule has 2 aromatic carbocycles. The predicted octanol–water partition coefficient (Wildman–Crippen LogP) is 5.23. The number of hydrogen-bond acceptors (Lipinski definition) is 4. The van der Waals surface area contributed by atoms with Crippen LogP contribution in [-0.2, 0) is 6.42 Å². The number of benzene rings is 2. The first-order valence-corrected chi connectivity index (χ1v) is 9.74. The maximum Gasteiger partial charge on any atom is 0.201 e. The Hall–Kier alpha value is -2.72. The number of fused-ring (bicyclic) bond motifs is 1. The molecule has 1 N–H and O–H groups in total. The van der Waals surface area contributed by atoms with Crippen molar-refractivity contribution >= 4 is 17.3 Å². The van der Waals surface area contributed by atoms with E-state index in [1.165, 1.54) is 0 Å². The summed E-state index contributed by atoms with van der Waals surface area (Å²) in [5.41, 5.74) is 2.26. The van der Waals surface area contributed by atoms with Crippen LogP contribution in [0.3, 0.4) is 0 Å². The Balaban J connectivity index is 0.000000345. The van der Waals surface area contributed by atoms with Crippen LogP contribution in [0.2, 0.25) is 0 Å². The summed E-state index contributed by atoms with van der Waals surface area (Å²) in [6.07, 6.45) is 1.33. The summed E-state index contributed by atoms with van der Waals surface area (Å²) >= 11 is 0. The number of carbonyl (C=O) groups is 1. The molecule has 148 valence electrons. The fraction of sp³-hybridized carbons (Fsp3) is 0.333. The molecule has 0 bridgehead atoms. The highest BCUT2D eigenvalue weighted by atomic mass is 16.3. The van der Waals surface area contributed by atoms with Gasteiger partial charge in [0, 0.05) is 12.1 Å². The van der Waals surface area contributed by atoms with E-state index >= 15 is 0 Å². The van der Waals surface area contributed by atoms with Crippen molar-refractivity contribution in [3.8, 4) is 11.1 Å². The minimum atomic E-state index is -0.151. The first-order valence-electron chi connectivity index (χ1n) is 9.74. The van der Waals surface area contributed by atoms with Gasteiger partial charge in [0.1, 0.15) is 5.58 Å². The topological polar surface area (TPSA) is 59.3 Å². The second-order valence-electron chi connectivity index (χ2n) is 7.27. The van der Waals surface area contributed by atoms with Gasteiger partial charge in [0.25, 0.3) is 0 Å². The summed E-state index contributed by atoms with van der Waals surface area (Å²) in [6.45, 7) is 10.6. The van der Waals surface area contributed by atoms with E-state index in [1.54, 1.807) is 18.2 Å². The second-order valence-corrected chi connectivity index (χ2v) is 7.27. The number of rotatable bonds is 5. The minimum absolute atomic E-state index is 0.0759. The lowest BCUT2D eigenvalue weighted by Crippen LogP contribution is -2.29. The molecule has 4 nitrogen and oxygen atoms in total. The maximum absolute atomic E-state index is 12.9. The van der Waals surface area contributed by atoms with Gasteiger partial charge in [-0.3, -0.25) is 9.59 Å². The van der Waals surface area contributed by atoms with Crippen molar-refractivity contribution in [2.45, 2.75) is 53.1 Å². The lowest BCUT2D eigenvalue weighted by molar-refractivity contribution is 0.110. The van der Waals surface area contributed by atoms with Crippen LogP contribution in [0.4, 0.5) is 0 Å². The zero-order chi connectivity index (χ0) is 20.7. The van der Waals surface area contributed by atoms with E-state index in [2.05, 4.69) is 33.0 Å². The van der Waals surface area contributed by atoms with Gasteiger partial charge in [0.05, 0.1) is 10.9 Å². The molecule has 3 aromatic rings. The summed E-state index contributed by atoms with van der Waals surface area (Å²) in [4.78, 5) is 24.2. The Morgan fingerprint density at radius 1 is 0.964 bits per heavy atom. The fourth-order valence-corrected chi connectivity index (χ4v) is 3.25. The van der Waals surface area contributed by atoms with Crippen molar-refractivity contribution in [1.29, 1.82) is 0 Å². The molecular formula is C24H29NO3. The van der Waals surface area contributed by atoms with E-state index in [1.807, 2.05) is 37.3 Å². The number of aryl methyl sites for hydroxylation is 1. The van der Waals surface area contributed by atoms with Crippen molar-refractivity contribution in [3.63, 3.8) is 0 Å². The van der Waals surface area contributed by atoms with Crippen LogP contribution >= 0.6 is 0 Å². The van der Waals surface area contributed by atoms with Crippen molar-refractivity contribution < 1.29 is 9.21 Å². The van der Waals surface area contributed by atoms with Gasteiger partial charge in [-0.2, -0.15) is 0 Å². The Morgan fingerprint density at radius 2 is 1.61 bits per heavy atom. The van der Waals surface area contributed by atoms with Crippen LogP contribution < -0.4 is 10.7 Å². The standard InChI is InChI=1S/C18H14O3.C6H15N/c1-2-12-9-6-10-14-16(12)18(20)17(15(11-19)21-14)13-7-4-3-5-8-13;1-5(2)7-6(3)4/h3-11H,2H2,1H3;5-7H,1-4H3. The molecule has 0 saturated heterocycles. The van der Waals surface area contributed by atoms with E-state index in [9.17, 15) is 9.59 Å². The third-order valence-electron chi connectivity index (χ3n) is 4.25. The highest BCUT2D eigenvalue weighted by Crippen LogP contribution is 2.25. The Morgan fingerprint density at radius 3 is 2.11 bits per heavy atom. The van der Waals surface area contributed by atoms with Crippen LogP contribution in [0.1, 0.15) is 50.7 Å². The van der Waals surface area contributed by atoms with Gasteiger partial charge in [-0.05, 0) is 23.6 Å². The Bertz CT molecular complexity index is 966. The molecule has 4 heteroatoms. The number of nitrogens with one attached hydrogen (secondary N) is 1. The van der Waals surface area contributed by atoms with Gasteiger partial charge in [0.15, 0.2) is 12.0 Å². The summed E-state index contributed by atoms with van der Waals surface area (Å²) in [5, 5.41) is 3.87. The number of aldehydes is 1. The first kappa shape index (κ1) is 21.6. The molecule has 0 amide bonds. The molecule has 3 rings (SSSR count). The summed E-state index contributed by atoms with van der Waals surface area (Å²) in [5.74, 6) is 0.0759. The molecule has 0 aliphatic carbocycles. The summed E-state index contributed by atoms with van der Waals surface area (Å²) in [6, 6.07) is 15.9. The molecular weight excluding hydrogens is 350 g/mol. The van der Waals surface area contributed by atoms with Gasteiger partial charge in [-0.25, -0.2) is 0 Å². The van der Waals surface area contributed by atoms with Gasteiger partial charge in [0.2, 0.25) is 5.43 Å². The predicted molar refractivity (Wildman–Crippen MR) is 116 cm³/mol. The Kier molecular flexibility index (Phi) is 7.70. The lowest BCUT2D eigenvalue weighted by atomic mass is 9.99. The molecule has 0 radical (unpaired) electrons. The van der Waals surface area contributed by atoms with Crippen LogP contribution in [0.25, 0.3) is 22.1 Å². The van der Waals surface area contributed by atoms with E-state index in [0.29, 0.717) is 40.5 Å². The zero-order valence-electron chi connectivity index (χ0n) is 17.3. The normalized spacial score (nSPS) is 10.8. The lowest BCUT2D eigenvalue weighted by Gasteiger charge is -2.10. The third kappa shape index (κ3) is 5.17. The quantitative estimate of drug-likeness (QED) is 0.617. The van der Waals surface area contributed by atoms with Crippen LogP contribution in [0.15, 0.2) is 57.7 Å². The molecule has 0 spiro atoms. The SMILES string of the molecule is CC(C)NC(C)C.CCc1cccc2oc(C=O)c(-c3ccccc3)c(=O)c12. The van der Waals surface area contributed by atoms with Gasteiger partial charge in [-0.1, -0.05) is 77.1 Å². The third-order valence-corrected chi connectivity index (χ3v) is 4.25. The highest BCUT2D eigenvalue weighted by molar-refractivity contribution is 5.92. The summed E-state index contributed by atoms with van der Waals surface area (Å²) in [7, 11) is 0. The largest absolute Gasteiger partial charge is 0.452 e. The Labute approximate surface area is 166 Å². The number of hydrogen-bond donors (Lipinski definition) is 1. The van der Waals surface area contributed by atoms with Crippen LogP contribution in [0.5, 0.6) is 0 Å². The molecule has 0 aliphatic rings. The molecule has 1 heterocycles. The van der Waals surface area contributed by atoms with E-state index in [-0.39, 0.29) is 11.2 Å². The summed E-state index contributed by atoms with van der Waals surface area (Å²) < 4.78 is 5.65. The number of carbonyl (C=O) groups excluding carboxylic acids is 1. The van der Waals surface area contributed by atoms with E-state index in [0.717, 1.165) is 12.0 Å². The molecule has 0 unspecified atom stereocenters. The van der Waals surface area contributed by atoms with E-state index in [4.69, 9.17) is 4.42 Å². The molecule has 1 aromatic heterocycles. The van der Waals surface area contributed by atoms with Gasteiger partial charge >= 0.3 is 0 Å². The minimum Gasteiger partial charge on any atom is -0.452 e. The average Bonchev–Trinajstić information content (AvgIpc) is 2.67. The van der Waals surface area contributed by atoms with E-state index < -0.39 is 0 Å². The molecule has 0 fully saturated rings. The van der Waals surface area contributed by atoms with Crippen molar-refractivity contribution in [1.82, 2.24) is 5.32 Å². The molecule has 0 aliphatic heterocycles. The average molecular weight is 380 g/mol. The maximum atomic E-state index is 12.9. The van der Waals surface area contributed by atoms with Crippen molar-refractivity contribution in [3.05, 3.63) is 70.1 Å². The monoisotopic (exact) mass is 379 g/mol. The fourth-order valence-electron chi connectivity index (χ4n) is 3.25.